The molecule has 5 N–H and O–H groups in total. The Hall–Kier alpha value is -2.45. The van der Waals surface area contributed by atoms with Crippen molar-refractivity contribution in [3.63, 3.8) is 0 Å². The van der Waals surface area contributed by atoms with E-state index in [-0.39, 0.29) is 5.75 Å². The van der Waals surface area contributed by atoms with E-state index in [1.165, 1.54) is 0 Å². The number of ether oxygens (including phenoxy) is 1. The van der Waals surface area contributed by atoms with Crippen molar-refractivity contribution < 1.29 is 30.3 Å². The normalized spacial score (nSPS) is 25.6. The first-order valence-electron chi connectivity index (χ1n) is 10.3. The van der Waals surface area contributed by atoms with Gasteiger partial charge in [0.2, 0.25) is 0 Å². The van der Waals surface area contributed by atoms with Crippen molar-refractivity contribution in [2.75, 3.05) is 6.61 Å². The first kappa shape index (κ1) is 22.7. The summed E-state index contributed by atoms with van der Waals surface area (Å²) in [5.41, 5.74) is 4.47. The Labute approximate surface area is 190 Å². The Morgan fingerprint density at radius 3 is 2.03 bits per heavy atom. The number of aromatic hydroxyl groups is 1. The van der Waals surface area contributed by atoms with Crippen LogP contribution in [0.4, 0.5) is 0 Å². The second-order valence-electron chi connectivity index (χ2n) is 8.02. The summed E-state index contributed by atoms with van der Waals surface area (Å²) in [5.74, 6) is 0.222. The third-order valence-corrected chi connectivity index (χ3v) is 6.21. The van der Waals surface area contributed by atoms with E-state index in [1.807, 2.05) is 42.5 Å². The highest BCUT2D eigenvalue weighted by atomic mass is 35.5. The summed E-state index contributed by atoms with van der Waals surface area (Å²) in [6.45, 7) is -0.477. The van der Waals surface area contributed by atoms with Gasteiger partial charge in [-0.1, -0.05) is 60.1 Å². The van der Waals surface area contributed by atoms with E-state index in [1.54, 1.807) is 24.3 Å². The Kier molecular flexibility index (Phi) is 6.81. The molecule has 0 radical (unpaired) electrons. The molecule has 0 bridgehead atoms. The molecule has 0 unspecified atom stereocenters. The van der Waals surface area contributed by atoms with Crippen molar-refractivity contribution in [3.8, 4) is 16.9 Å². The fraction of sp³-hybridized carbons (Fsp3) is 0.280. The molecule has 5 atom stereocenters. The number of rotatable bonds is 5. The lowest BCUT2D eigenvalue weighted by Crippen LogP contribution is -2.55. The SMILES string of the molecule is OC[C@H]1O[C@@H](c2ccc(Cl)c(Cc3ccc(-c4ccc(O)cc4)cc3)c2)[C@H](O)[C@@H](O)[C@@H]1O. The maximum Gasteiger partial charge on any atom is 0.115 e. The second kappa shape index (κ2) is 9.58. The van der Waals surface area contributed by atoms with E-state index in [0.29, 0.717) is 17.0 Å². The Morgan fingerprint density at radius 1 is 0.781 bits per heavy atom. The van der Waals surface area contributed by atoms with Crippen LogP contribution in [0.25, 0.3) is 11.1 Å². The quantitative estimate of drug-likeness (QED) is 0.404. The minimum absolute atomic E-state index is 0.222. The minimum Gasteiger partial charge on any atom is -0.508 e. The van der Waals surface area contributed by atoms with E-state index >= 15 is 0 Å². The van der Waals surface area contributed by atoms with Crippen molar-refractivity contribution in [1.82, 2.24) is 0 Å². The van der Waals surface area contributed by atoms with Gasteiger partial charge in [0, 0.05) is 5.02 Å². The number of benzene rings is 3. The monoisotopic (exact) mass is 456 g/mol. The van der Waals surface area contributed by atoms with Crippen molar-refractivity contribution in [1.29, 1.82) is 0 Å². The highest BCUT2D eigenvalue weighted by Crippen LogP contribution is 2.34. The summed E-state index contributed by atoms with van der Waals surface area (Å²) in [6, 6.07) is 20.2. The molecular formula is C25H25ClO6. The second-order valence-corrected chi connectivity index (χ2v) is 8.43. The van der Waals surface area contributed by atoms with Crippen LogP contribution in [0, 0.1) is 0 Å². The van der Waals surface area contributed by atoms with Crippen LogP contribution in [-0.4, -0.2) is 56.6 Å². The molecule has 7 heteroatoms. The average molecular weight is 457 g/mol. The summed E-state index contributed by atoms with van der Waals surface area (Å²) < 4.78 is 5.66. The molecule has 1 aliphatic rings. The van der Waals surface area contributed by atoms with Gasteiger partial charge in [0.1, 0.15) is 36.3 Å². The van der Waals surface area contributed by atoms with Gasteiger partial charge >= 0.3 is 0 Å². The van der Waals surface area contributed by atoms with Gasteiger partial charge < -0.3 is 30.3 Å². The van der Waals surface area contributed by atoms with Crippen LogP contribution >= 0.6 is 11.6 Å². The molecule has 4 rings (SSSR count). The molecule has 6 nitrogen and oxygen atoms in total. The molecule has 1 saturated heterocycles. The first-order valence-corrected chi connectivity index (χ1v) is 10.7. The number of hydrogen-bond donors (Lipinski definition) is 5. The van der Waals surface area contributed by atoms with Gasteiger partial charge in [0.25, 0.3) is 0 Å². The van der Waals surface area contributed by atoms with Crippen molar-refractivity contribution in [3.05, 3.63) is 88.4 Å². The summed E-state index contributed by atoms with van der Waals surface area (Å²) in [4.78, 5) is 0. The Balaban J connectivity index is 1.55. The lowest BCUT2D eigenvalue weighted by molar-refractivity contribution is -0.231. The van der Waals surface area contributed by atoms with Gasteiger partial charge in [-0.15, -0.1) is 0 Å². The van der Waals surface area contributed by atoms with Crippen LogP contribution in [0.1, 0.15) is 22.8 Å². The number of hydrogen-bond acceptors (Lipinski definition) is 6. The Morgan fingerprint density at radius 2 is 1.41 bits per heavy atom. The molecule has 0 spiro atoms. The van der Waals surface area contributed by atoms with E-state index in [4.69, 9.17) is 16.3 Å². The van der Waals surface area contributed by atoms with Gasteiger partial charge in [-0.25, -0.2) is 0 Å². The molecule has 0 aromatic heterocycles. The zero-order valence-corrected chi connectivity index (χ0v) is 17.9. The number of aliphatic hydroxyl groups excluding tert-OH is 4. The van der Waals surface area contributed by atoms with Crippen molar-refractivity contribution in [2.45, 2.75) is 36.9 Å². The molecule has 1 fully saturated rings. The smallest absolute Gasteiger partial charge is 0.115 e. The number of aliphatic hydroxyl groups is 4. The predicted molar refractivity (Wildman–Crippen MR) is 121 cm³/mol. The highest BCUT2D eigenvalue weighted by molar-refractivity contribution is 6.31. The lowest BCUT2D eigenvalue weighted by Gasteiger charge is -2.40. The molecule has 0 aliphatic carbocycles. The van der Waals surface area contributed by atoms with Crippen LogP contribution < -0.4 is 0 Å². The van der Waals surface area contributed by atoms with Gasteiger partial charge in [-0.3, -0.25) is 0 Å². The maximum absolute atomic E-state index is 10.4. The van der Waals surface area contributed by atoms with Crippen LogP contribution in [0.5, 0.6) is 5.75 Å². The maximum atomic E-state index is 10.4. The highest BCUT2D eigenvalue weighted by Gasteiger charge is 2.44. The Bertz CT molecular complexity index is 1050. The van der Waals surface area contributed by atoms with Crippen LogP contribution in [0.3, 0.4) is 0 Å². The molecule has 32 heavy (non-hydrogen) atoms. The van der Waals surface area contributed by atoms with Gasteiger partial charge in [0.05, 0.1) is 6.61 Å². The van der Waals surface area contributed by atoms with Gasteiger partial charge in [-0.2, -0.15) is 0 Å². The summed E-state index contributed by atoms with van der Waals surface area (Å²) in [6.07, 6.45) is -5.50. The third kappa shape index (κ3) is 4.66. The third-order valence-electron chi connectivity index (χ3n) is 5.84. The number of halogens is 1. The predicted octanol–water partition coefficient (Wildman–Crippen LogP) is 2.82. The van der Waals surface area contributed by atoms with Crippen LogP contribution in [0.2, 0.25) is 5.02 Å². The van der Waals surface area contributed by atoms with Crippen molar-refractivity contribution in [2.24, 2.45) is 0 Å². The van der Waals surface area contributed by atoms with Crippen LogP contribution in [0.15, 0.2) is 66.7 Å². The number of phenolic OH excluding ortho intramolecular Hbond substituents is 1. The van der Waals surface area contributed by atoms with E-state index in [2.05, 4.69) is 0 Å². The van der Waals surface area contributed by atoms with Crippen LogP contribution in [-0.2, 0) is 11.2 Å². The fourth-order valence-corrected chi connectivity index (χ4v) is 4.16. The standard InChI is InChI=1S/C25H25ClO6/c26-20-10-7-17(25-24(31)23(30)22(29)21(13-27)32-25)12-18(20)11-14-1-3-15(4-2-14)16-5-8-19(28)9-6-16/h1-10,12,21-25,27-31H,11,13H2/t21-,22-,23+,24-,25+/m1/s1. The average Bonchev–Trinajstić information content (AvgIpc) is 2.80. The number of phenols is 1. The molecule has 168 valence electrons. The van der Waals surface area contributed by atoms with E-state index < -0.39 is 37.1 Å². The topological polar surface area (TPSA) is 110 Å². The summed E-state index contributed by atoms with van der Waals surface area (Å²) in [5, 5.41) is 50.0. The molecule has 0 saturated carbocycles. The van der Waals surface area contributed by atoms with Gasteiger partial charge in [0.15, 0.2) is 0 Å². The molecular weight excluding hydrogens is 432 g/mol. The van der Waals surface area contributed by atoms with E-state index in [0.717, 1.165) is 22.3 Å². The minimum atomic E-state index is -1.43. The molecule has 1 aliphatic heterocycles. The largest absolute Gasteiger partial charge is 0.508 e. The zero-order valence-electron chi connectivity index (χ0n) is 17.2. The van der Waals surface area contributed by atoms with Gasteiger partial charge in [-0.05, 0) is 52.4 Å². The lowest BCUT2D eigenvalue weighted by atomic mass is 9.90. The molecule has 3 aromatic carbocycles. The summed E-state index contributed by atoms with van der Waals surface area (Å²) >= 11 is 6.41. The summed E-state index contributed by atoms with van der Waals surface area (Å²) in [7, 11) is 0. The fourth-order valence-electron chi connectivity index (χ4n) is 3.97. The molecule has 1 heterocycles. The van der Waals surface area contributed by atoms with Crippen molar-refractivity contribution >= 4 is 11.6 Å². The zero-order chi connectivity index (χ0) is 22.8. The van der Waals surface area contributed by atoms with E-state index in [9.17, 15) is 25.5 Å². The molecule has 3 aromatic rings. The molecule has 0 amide bonds. The first-order chi connectivity index (χ1) is 15.4.